The van der Waals surface area contributed by atoms with Crippen molar-refractivity contribution in [2.24, 2.45) is 5.92 Å². The number of hydrogen-bond acceptors (Lipinski definition) is 1. The molecule has 0 heterocycles. The first-order valence-electron chi connectivity index (χ1n) is 6.23. The maximum Gasteiger partial charge on any atom is 0.251 e. The van der Waals surface area contributed by atoms with Gasteiger partial charge in [-0.3, -0.25) is 4.79 Å². The third-order valence-electron chi connectivity index (χ3n) is 3.53. The predicted octanol–water partition coefficient (Wildman–Crippen LogP) is 3.76. The van der Waals surface area contributed by atoms with Gasteiger partial charge in [-0.05, 0) is 43.0 Å². The highest BCUT2D eigenvalue weighted by atomic mass is 79.9. The SMILES string of the molecule is C[C@@H]1CCCC[C@H]1NC(=O)c1ccc(Br)cc1. The summed E-state index contributed by atoms with van der Waals surface area (Å²) in [5.41, 5.74) is 0.742. The van der Waals surface area contributed by atoms with E-state index in [0.717, 1.165) is 16.5 Å². The van der Waals surface area contributed by atoms with E-state index in [9.17, 15) is 4.79 Å². The molecule has 0 spiro atoms. The highest BCUT2D eigenvalue weighted by Gasteiger charge is 2.22. The number of benzene rings is 1. The zero-order chi connectivity index (χ0) is 12.3. The normalized spacial score (nSPS) is 24.4. The van der Waals surface area contributed by atoms with Crippen molar-refractivity contribution in [2.45, 2.75) is 38.6 Å². The molecule has 1 aliphatic rings. The first-order valence-corrected chi connectivity index (χ1v) is 7.02. The summed E-state index contributed by atoms with van der Waals surface area (Å²) < 4.78 is 1.00. The molecule has 0 bridgehead atoms. The topological polar surface area (TPSA) is 29.1 Å². The second-order valence-electron chi connectivity index (χ2n) is 4.85. The van der Waals surface area contributed by atoms with Gasteiger partial charge in [0.25, 0.3) is 5.91 Å². The second kappa shape index (κ2) is 5.67. The minimum atomic E-state index is 0.0521. The van der Waals surface area contributed by atoms with E-state index in [1.54, 1.807) is 0 Å². The van der Waals surface area contributed by atoms with Crippen molar-refractivity contribution in [1.82, 2.24) is 5.32 Å². The van der Waals surface area contributed by atoms with Gasteiger partial charge in [0.2, 0.25) is 0 Å². The molecule has 1 aromatic carbocycles. The quantitative estimate of drug-likeness (QED) is 0.884. The van der Waals surface area contributed by atoms with Crippen molar-refractivity contribution in [1.29, 1.82) is 0 Å². The van der Waals surface area contributed by atoms with Crippen molar-refractivity contribution >= 4 is 21.8 Å². The Hall–Kier alpha value is -0.830. The molecule has 1 amide bonds. The van der Waals surface area contributed by atoms with Crippen LogP contribution >= 0.6 is 15.9 Å². The van der Waals surface area contributed by atoms with Crippen LogP contribution in [-0.4, -0.2) is 11.9 Å². The second-order valence-corrected chi connectivity index (χ2v) is 5.76. The van der Waals surface area contributed by atoms with E-state index in [-0.39, 0.29) is 5.91 Å². The van der Waals surface area contributed by atoms with Gasteiger partial charge in [-0.1, -0.05) is 35.7 Å². The van der Waals surface area contributed by atoms with Crippen LogP contribution in [-0.2, 0) is 0 Å². The lowest BCUT2D eigenvalue weighted by molar-refractivity contribution is 0.0910. The fraction of sp³-hybridized carbons (Fsp3) is 0.500. The minimum absolute atomic E-state index is 0.0521. The van der Waals surface area contributed by atoms with E-state index >= 15 is 0 Å². The Kier molecular flexibility index (Phi) is 4.21. The monoisotopic (exact) mass is 295 g/mol. The summed E-state index contributed by atoms with van der Waals surface area (Å²) in [7, 11) is 0. The van der Waals surface area contributed by atoms with E-state index in [4.69, 9.17) is 0 Å². The van der Waals surface area contributed by atoms with Crippen molar-refractivity contribution in [3.8, 4) is 0 Å². The molecule has 1 saturated carbocycles. The van der Waals surface area contributed by atoms with Crippen LogP contribution < -0.4 is 5.32 Å². The lowest BCUT2D eigenvalue weighted by atomic mass is 9.86. The molecular weight excluding hydrogens is 278 g/mol. The summed E-state index contributed by atoms with van der Waals surface area (Å²) in [6, 6.07) is 7.86. The molecule has 92 valence electrons. The largest absolute Gasteiger partial charge is 0.349 e. The molecule has 1 fully saturated rings. The maximum atomic E-state index is 12.0. The van der Waals surface area contributed by atoms with E-state index in [0.29, 0.717) is 12.0 Å². The van der Waals surface area contributed by atoms with Gasteiger partial charge in [0, 0.05) is 16.1 Å². The van der Waals surface area contributed by atoms with Crippen LogP contribution in [0.4, 0.5) is 0 Å². The average molecular weight is 296 g/mol. The molecule has 2 atom stereocenters. The van der Waals surface area contributed by atoms with Gasteiger partial charge in [-0.2, -0.15) is 0 Å². The summed E-state index contributed by atoms with van der Waals surface area (Å²) >= 11 is 3.37. The Morgan fingerprint density at radius 3 is 2.53 bits per heavy atom. The minimum Gasteiger partial charge on any atom is -0.349 e. The molecule has 17 heavy (non-hydrogen) atoms. The lowest BCUT2D eigenvalue weighted by Gasteiger charge is -2.29. The van der Waals surface area contributed by atoms with Crippen LogP contribution in [0.25, 0.3) is 0 Å². The van der Waals surface area contributed by atoms with Gasteiger partial charge in [0.05, 0.1) is 0 Å². The number of hydrogen-bond donors (Lipinski definition) is 1. The van der Waals surface area contributed by atoms with E-state index in [1.807, 2.05) is 24.3 Å². The van der Waals surface area contributed by atoms with Gasteiger partial charge in [0.15, 0.2) is 0 Å². The molecule has 0 aromatic heterocycles. The molecular formula is C14H18BrNO. The standard InChI is InChI=1S/C14H18BrNO/c1-10-4-2-3-5-13(10)16-14(17)11-6-8-12(15)9-7-11/h6-10,13H,2-5H2,1H3,(H,16,17)/t10-,13-/m1/s1. The molecule has 1 N–H and O–H groups in total. The Morgan fingerprint density at radius 2 is 1.88 bits per heavy atom. The molecule has 3 heteroatoms. The van der Waals surface area contributed by atoms with Crippen LogP contribution in [0.2, 0.25) is 0 Å². The van der Waals surface area contributed by atoms with Crippen LogP contribution in [0, 0.1) is 5.92 Å². The van der Waals surface area contributed by atoms with Crippen LogP contribution in [0.1, 0.15) is 43.0 Å². The lowest BCUT2D eigenvalue weighted by Crippen LogP contribution is -2.41. The Morgan fingerprint density at radius 1 is 1.24 bits per heavy atom. The van der Waals surface area contributed by atoms with E-state index in [2.05, 4.69) is 28.2 Å². The number of halogens is 1. The Balaban J connectivity index is 1.98. The van der Waals surface area contributed by atoms with Crippen molar-refractivity contribution in [3.05, 3.63) is 34.3 Å². The smallest absolute Gasteiger partial charge is 0.251 e. The van der Waals surface area contributed by atoms with E-state index in [1.165, 1.54) is 19.3 Å². The van der Waals surface area contributed by atoms with Gasteiger partial charge in [0.1, 0.15) is 0 Å². The third kappa shape index (κ3) is 3.32. The maximum absolute atomic E-state index is 12.0. The molecule has 1 aromatic rings. The van der Waals surface area contributed by atoms with Crippen LogP contribution in [0.3, 0.4) is 0 Å². The molecule has 2 rings (SSSR count). The van der Waals surface area contributed by atoms with Gasteiger partial charge >= 0.3 is 0 Å². The number of amides is 1. The Bertz CT molecular complexity index is 388. The summed E-state index contributed by atoms with van der Waals surface area (Å²) in [6.07, 6.45) is 4.87. The average Bonchev–Trinajstić information content (AvgIpc) is 2.33. The first kappa shape index (κ1) is 12.6. The van der Waals surface area contributed by atoms with Crippen molar-refractivity contribution in [2.75, 3.05) is 0 Å². The van der Waals surface area contributed by atoms with Crippen molar-refractivity contribution < 1.29 is 4.79 Å². The van der Waals surface area contributed by atoms with E-state index < -0.39 is 0 Å². The first-order chi connectivity index (χ1) is 8.16. The zero-order valence-electron chi connectivity index (χ0n) is 10.1. The third-order valence-corrected chi connectivity index (χ3v) is 4.06. The highest BCUT2D eigenvalue weighted by molar-refractivity contribution is 9.10. The number of rotatable bonds is 2. The fourth-order valence-electron chi connectivity index (χ4n) is 2.38. The molecule has 2 nitrogen and oxygen atoms in total. The summed E-state index contributed by atoms with van der Waals surface area (Å²) in [4.78, 5) is 12.0. The summed E-state index contributed by atoms with van der Waals surface area (Å²) in [6.45, 7) is 2.23. The number of carbonyl (C=O) groups excluding carboxylic acids is 1. The van der Waals surface area contributed by atoms with Crippen LogP contribution in [0.15, 0.2) is 28.7 Å². The molecule has 0 radical (unpaired) electrons. The molecule has 0 saturated heterocycles. The number of nitrogens with one attached hydrogen (secondary N) is 1. The van der Waals surface area contributed by atoms with Crippen molar-refractivity contribution in [3.63, 3.8) is 0 Å². The molecule has 0 aliphatic heterocycles. The Labute approximate surface area is 111 Å². The van der Waals surface area contributed by atoms with Crippen LogP contribution in [0.5, 0.6) is 0 Å². The fourth-order valence-corrected chi connectivity index (χ4v) is 2.65. The summed E-state index contributed by atoms with van der Waals surface area (Å²) in [5.74, 6) is 0.652. The number of carbonyl (C=O) groups is 1. The highest BCUT2D eigenvalue weighted by Crippen LogP contribution is 2.24. The zero-order valence-corrected chi connectivity index (χ0v) is 11.7. The predicted molar refractivity (Wildman–Crippen MR) is 73.0 cm³/mol. The summed E-state index contributed by atoms with van der Waals surface area (Å²) in [5, 5.41) is 3.15. The van der Waals surface area contributed by atoms with Gasteiger partial charge < -0.3 is 5.32 Å². The van der Waals surface area contributed by atoms with Gasteiger partial charge in [-0.15, -0.1) is 0 Å². The van der Waals surface area contributed by atoms with Gasteiger partial charge in [-0.25, -0.2) is 0 Å². The molecule has 0 unspecified atom stereocenters. The molecule has 1 aliphatic carbocycles.